The molecule has 0 aromatic carbocycles. The highest BCUT2D eigenvalue weighted by molar-refractivity contribution is 5.81. The van der Waals surface area contributed by atoms with Gasteiger partial charge in [0.15, 0.2) is 0 Å². The van der Waals surface area contributed by atoms with Crippen LogP contribution in [0.25, 0.3) is 0 Å². The predicted molar refractivity (Wildman–Crippen MR) is 62.8 cm³/mol. The van der Waals surface area contributed by atoms with Crippen LogP contribution >= 0.6 is 0 Å². The van der Waals surface area contributed by atoms with E-state index in [0.29, 0.717) is 5.91 Å². The maximum atomic E-state index is 12.1. The number of carbonyl (C=O) groups excluding carboxylic acids is 1. The quantitative estimate of drug-likeness (QED) is 0.708. The zero-order chi connectivity index (χ0) is 11.3. The standard InChI is InChI=1S/C12H24N2O/c1-4-5-9-14(3)12(15)11-8-6-7-10-13(11)2/h11H,4-10H2,1-3H3. The summed E-state index contributed by atoms with van der Waals surface area (Å²) in [6.07, 6.45) is 5.73. The largest absolute Gasteiger partial charge is 0.344 e. The molecule has 15 heavy (non-hydrogen) atoms. The number of nitrogens with zero attached hydrogens (tertiary/aromatic N) is 2. The van der Waals surface area contributed by atoms with E-state index in [-0.39, 0.29) is 6.04 Å². The minimum absolute atomic E-state index is 0.139. The second-order valence-electron chi connectivity index (χ2n) is 4.61. The molecule has 1 saturated heterocycles. The summed E-state index contributed by atoms with van der Waals surface area (Å²) in [7, 11) is 4.00. The fraction of sp³-hybridized carbons (Fsp3) is 0.917. The van der Waals surface area contributed by atoms with Crippen LogP contribution in [0, 0.1) is 0 Å². The zero-order valence-electron chi connectivity index (χ0n) is 10.3. The average molecular weight is 212 g/mol. The molecule has 1 atom stereocenters. The lowest BCUT2D eigenvalue weighted by molar-refractivity contribution is -0.136. The van der Waals surface area contributed by atoms with Gasteiger partial charge in [-0.1, -0.05) is 19.8 Å². The Bertz CT molecular complexity index is 206. The van der Waals surface area contributed by atoms with Crippen molar-refractivity contribution in [1.82, 2.24) is 9.80 Å². The minimum Gasteiger partial charge on any atom is -0.344 e. The number of rotatable bonds is 4. The van der Waals surface area contributed by atoms with Crippen LogP contribution in [0.3, 0.4) is 0 Å². The molecule has 1 heterocycles. The van der Waals surface area contributed by atoms with Crippen molar-refractivity contribution in [2.24, 2.45) is 0 Å². The summed E-state index contributed by atoms with van der Waals surface area (Å²) in [5.41, 5.74) is 0. The Labute approximate surface area is 93.4 Å². The van der Waals surface area contributed by atoms with Crippen LogP contribution in [-0.2, 0) is 4.79 Å². The van der Waals surface area contributed by atoms with Crippen molar-refractivity contribution in [3.05, 3.63) is 0 Å². The number of hydrogen-bond donors (Lipinski definition) is 0. The molecule has 0 spiro atoms. The summed E-state index contributed by atoms with van der Waals surface area (Å²) in [6.45, 7) is 4.13. The Morgan fingerprint density at radius 1 is 1.47 bits per heavy atom. The molecule has 88 valence electrons. The molecule has 1 aliphatic heterocycles. The van der Waals surface area contributed by atoms with Crippen molar-refractivity contribution in [2.75, 3.05) is 27.2 Å². The van der Waals surface area contributed by atoms with Crippen LogP contribution in [0.5, 0.6) is 0 Å². The van der Waals surface area contributed by atoms with Crippen LogP contribution in [0.2, 0.25) is 0 Å². The van der Waals surface area contributed by atoms with Crippen LogP contribution in [0.15, 0.2) is 0 Å². The first kappa shape index (κ1) is 12.5. The molecule has 0 radical (unpaired) electrons. The summed E-state index contributed by atoms with van der Waals surface area (Å²) >= 11 is 0. The Kier molecular flexibility index (Phi) is 5.09. The molecule has 1 fully saturated rings. The Balaban J connectivity index is 2.43. The van der Waals surface area contributed by atoms with E-state index in [9.17, 15) is 4.79 Å². The highest BCUT2D eigenvalue weighted by Gasteiger charge is 2.27. The van der Waals surface area contributed by atoms with Crippen molar-refractivity contribution < 1.29 is 4.79 Å². The van der Waals surface area contributed by atoms with E-state index >= 15 is 0 Å². The van der Waals surface area contributed by atoms with E-state index in [1.807, 2.05) is 11.9 Å². The third kappa shape index (κ3) is 3.49. The second kappa shape index (κ2) is 6.11. The molecule has 1 rings (SSSR count). The summed E-state index contributed by atoms with van der Waals surface area (Å²) in [4.78, 5) is 16.2. The topological polar surface area (TPSA) is 23.6 Å². The predicted octanol–water partition coefficient (Wildman–Crippen LogP) is 1.73. The lowest BCUT2D eigenvalue weighted by Crippen LogP contribution is -2.48. The number of likely N-dealkylation sites (N-methyl/N-ethyl adjacent to an activating group) is 2. The van der Waals surface area contributed by atoms with Gasteiger partial charge in [0.2, 0.25) is 5.91 Å². The Morgan fingerprint density at radius 3 is 2.80 bits per heavy atom. The third-order valence-corrected chi connectivity index (χ3v) is 3.28. The van der Waals surface area contributed by atoms with Gasteiger partial charge in [0.25, 0.3) is 0 Å². The Morgan fingerprint density at radius 2 is 2.20 bits per heavy atom. The molecule has 0 bridgehead atoms. The molecule has 1 amide bonds. The maximum Gasteiger partial charge on any atom is 0.239 e. The van der Waals surface area contributed by atoms with E-state index in [0.717, 1.165) is 32.4 Å². The molecule has 0 saturated carbocycles. The van der Waals surface area contributed by atoms with Gasteiger partial charge in [-0.3, -0.25) is 9.69 Å². The van der Waals surface area contributed by atoms with E-state index in [2.05, 4.69) is 18.9 Å². The van der Waals surface area contributed by atoms with Gasteiger partial charge in [0.05, 0.1) is 6.04 Å². The number of likely N-dealkylation sites (tertiary alicyclic amines) is 1. The van der Waals surface area contributed by atoms with Gasteiger partial charge >= 0.3 is 0 Å². The molecular formula is C12H24N2O. The summed E-state index contributed by atoms with van der Waals surface area (Å²) in [5.74, 6) is 0.311. The van der Waals surface area contributed by atoms with Crippen molar-refractivity contribution in [3.63, 3.8) is 0 Å². The summed E-state index contributed by atoms with van der Waals surface area (Å²) in [5, 5.41) is 0. The molecule has 3 nitrogen and oxygen atoms in total. The first-order valence-electron chi connectivity index (χ1n) is 6.12. The van der Waals surface area contributed by atoms with E-state index in [1.54, 1.807) is 0 Å². The van der Waals surface area contributed by atoms with E-state index in [1.165, 1.54) is 12.8 Å². The highest BCUT2D eigenvalue weighted by Crippen LogP contribution is 2.16. The highest BCUT2D eigenvalue weighted by atomic mass is 16.2. The fourth-order valence-corrected chi connectivity index (χ4v) is 2.15. The molecule has 1 aliphatic rings. The number of amides is 1. The summed E-state index contributed by atoms with van der Waals surface area (Å²) in [6, 6.07) is 0.139. The molecule has 1 unspecified atom stereocenters. The molecular weight excluding hydrogens is 188 g/mol. The van der Waals surface area contributed by atoms with E-state index in [4.69, 9.17) is 0 Å². The molecule has 3 heteroatoms. The number of piperidine rings is 1. The van der Waals surface area contributed by atoms with Crippen molar-refractivity contribution in [1.29, 1.82) is 0 Å². The van der Waals surface area contributed by atoms with Gasteiger partial charge < -0.3 is 4.90 Å². The number of unbranched alkanes of at least 4 members (excludes halogenated alkanes) is 1. The van der Waals surface area contributed by atoms with Gasteiger partial charge in [-0.05, 0) is 32.9 Å². The van der Waals surface area contributed by atoms with Crippen molar-refractivity contribution >= 4 is 5.91 Å². The lowest BCUT2D eigenvalue weighted by atomic mass is 10.0. The Hall–Kier alpha value is -0.570. The molecule has 0 aromatic heterocycles. The normalized spacial score (nSPS) is 22.7. The van der Waals surface area contributed by atoms with Crippen molar-refractivity contribution in [2.45, 2.75) is 45.1 Å². The van der Waals surface area contributed by atoms with Crippen LogP contribution in [-0.4, -0.2) is 48.9 Å². The number of hydrogen-bond acceptors (Lipinski definition) is 2. The van der Waals surface area contributed by atoms with Crippen LogP contribution in [0.1, 0.15) is 39.0 Å². The molecule has 0 aromatic rings. The van der Waals surface area contributed by atoms with Crippen LogP contribution < -0.4 is 0 Å². The first-order chi connectivity index (χ1) is 7.16. The molecule has 0 N–H and O–H groups in total. The van der Waals surface area contributed by atoms with Gasteiger partial charge in [-0.2, -0.15) is 0 Å². The average Bonchev–Trinajstić information content (AvgIpc) is 2.25. The van der Waals surface area contributed by atoms with Gasteiger partial charge in [-0.15, -0.1) is 0 Å². The lowest BCUT2D eigenvalue weighted by Gasteiger charge is -2.34. The monoisotopic (exact) mass is 212 g/mol. The van der Waals surface area contributed by atoms with Crippen molar-refractivity contribution in [3.8, 4) is 0 Å². The van der Waals surface area contributed by atoms with E-state index < -0.39 is 0 Å². The fourth-order valence-electron chi connectivity index (χ4n) is 2.15. The zero-order valence-corrected chi connectivity index (χ0v) is 10.3. The summed E-state index contributed by atoms with van der Waals surface area (Å²) < 4.78 is 0. The molecule has 0 aliphatic carbocycles. The SMILES string of the molecule is CCCCN(C)C(=O)C1CCCCN1C. The maximum absolute atomic E-state index is 12.1. The van der Waals surface area contributed by atoms with Gasteiger partial charge in [-0.25, -0.2) is 0 Å². The smallest absolute Gasteiger partial charge is 0.239 e. The second-order valence-corrected chi connectivity index (χ2v) is 4.61. The number of carbonyl (C=O) groups is 1. The van der Waals surface area contributed by atoms with Crippen LogP contribution in [0.4, 0.5) is 0 Å². The minimum atomic E-state index is 0.139. The third-order valence-electron chi connectivity index (χ3n) is 3.28. The van der Waals surface area contributed by atoms with Gasteiger partial charge in [0.1, 0.15) is 0 Å². The van der Waals surface area contributed by atoms with Gasteiger partial charge in [0, 0.05) is 13.6 Å². The first-order valence-corrected chi connectivity index (χ1v) is 6.12.